The highest BCUT2D eigenvalue weighted by Crippen LogP contribution is 2.40. The molecule has 0 bridgehead atoms. The number of likely N-dealkylation sites (tertiary alicyclic amines) is 1. The van der Waals surface area contributed by atoms with Gasteiger partial charge >= 0.3 is 0 Å². The van der Waals surface area contributed by atoms with Gasteiger partial charge in [0.15, 0.2) is 0 Å². The number of hydrogen-bond acceptors (Lipinski definition) is 6. The predicted molar refractivity (Wildman–Crippen MR) is 114 cm³/mol. The fourth-order valence-corrected chi connectivity index (χ4v) is 4.16. The topological polar surface area (TPSA) is 85.3 Å². The second-order valence-electron chi connectivity index (χ2n) is 7.71. The van der Waals surface area contributed by atoms with Gasteiger partial charge < -0.3 is 24.2 Å². The molecule has 0 spiro atoms. The maximum atomic E-state index is 13.0. The minimum Gasteiger partial charge on any atom is -0.507 e. The molecule has 2 aromatic rings. The Hall–Kier alpha value is -3.32. The lowest BCUT2D eigenvalue weighted by molar-refractivity contribution is -0.140. The number of rotatable bonds is 6. The molecule has 0 radical (unpaired) electrons. The van der Waals surface area contributed by atoms with Crippen LogP contribution >= 0.6 is 0 Å². The molecule has 7 nitrogen and oxygen atoms in total. The van der Waals surface area contributed by atoms with Crippen molar-refractivity contribution in [2.45, 2.75) is 25.5 Å². The van der Waals surface area contributed by atoms with Gasteiger partial charge in [0.25, 0.3) is 11.7 Å². The number of methoxy groups -OCH3 is 2. The number of carbonyl (C=O) groups excluding carboxylic acids is 2. The predicted octanol–water partition coefficient (Wildman–Crippen LogP) is 3.09. The van der Waals surface area contributed by atoms with Crippen LogP contribution in [0.15, 0.2) is 48.0 Å². The van der Waals surface area contributed by atoms with Crippen LogP contribution in [0.3, 0.4) is 0 Å². The van der Waals surface area contributed by atoms with Gasteiger partial charge in [-0.3, -0.25) is 9.59 Å². The number of aliphatic hydroxyl groups is 1. The van der Waals surface area contributed by atoms with Crippen molar-refractivity contribution in [3.05, 3.63) is 64.7 Å². The molecule has 2 heterocycles. The number of ketones is 1. The molecule has 31 heavy (non-hydrogen) atoms. The molecule has 4 rings (SSSR count). The second-order valence-corrected chi connectivity index (χ2v) is 7.71. The average molecular weight is 423 g/mol. The summed E-state index contributed by atoms with van der Waals surface area (Å²) in [5.41, 5.74) is 2.22. The summed E-state index contributed by atoms with van der Waals surface area (Å²) in [4.78, 5) is 27.3. The van der Waals surface area contributed by atoms with E-state index in [0.717, 1.165) is 17.7 Å². The maximum Gasteiger partial charge on any atom is 0.295 e. The number of ether oxygens (including phenoxy) is 3. The van der Waals surface area contributed by atoms with E-state index in [2.05, 4.69) is 0 Å². The quantitative estimate of drug-likeness (QED) is 0.437. The van der Waals surface area contributed by atoms with Crippen LogP contribution in [0, 0.1) is 0 Å². The van der Waals surface area contributed by atoms with E-state index in [-0.39, 0.29) is 30.6 Å². The van der Waals surface area contributed by atoms with Crippen molar-refractivity contribution in [1.29, 1.82) is 0 Å². The largest absolute Gasteiger partial charge is 0.507 e. The van der Waals surface area contributed by atoms with E-state index in [1.165, 1.54) is 12.0 Å². The van der Waals surface area contributed by atoms with Crippen molar-refractivity contribution in [3.63, 3.8) is 0 Å². The first kappa shape index (κ1) is 20.9. The molecule has 162 valence electrons. The second kappa shape index (κ2) is 8.43. The number of amides is 1. The minimum absolute atomic E-state index is 0.0614. The maximum absolute atomic E-state index is 13.0. The molecule has 1 saturated heterocycles. The van der Waals surface area contributed by atoms with E-state index in [1.54, 1.807) is 43.5 Å². The zero-order valence-electron chi connectivity index (χ0n) is 17.8. The van der Waals surface area contributed by atoms with Crippen LogP contribution in [-0.4, -0.2) is 55.2 Å². The van der Waals surface area contributed by atoms with Gasteiger partial charge in [-0.1, -0.05) is 12.1 Å². The Bertz CT molecular complexity index is 1040. The number of Topliss-reactive ketones (excluding diaryl/α,β-unsaturated/α-hetero) is 1. The number of benzene rings is 2. The summed E-state index contributed by atoms with van der Waals surface area (Å²) < 4.78 is 16.1. The van der Waals surface area contributed by atoms with Crippen molar-refractivity contribution >= 4 is 17.4 Å². The highest BCUT2D eigenvalue weighted by atomic mass is 16.5. The van der Waals surface area contributed by atoms with Crippen molar-refractivity contribution in [2.75, 3.05) is 27.4 Å². The Kier molecular flexibility index (Phi) is 5.69. The highest BCUT2D eigenvalue weighted by Gasteiger charge is 2.46. The van der Waals surface area contributed by atoms with E-state index < -0.39 is 17.7 Å². The van der Waals surface area contributed by atoms with Gasteiger partial charge in [0.2, 0.25) is 0 Å². The molecule has 2 aromatic carbocycles. The summed E-state index contributed by atoms with van der Waals surface area (Å²) in [7, 11) is 3.10. The minimum atomic E-state index is -0.718. The van der Waals surface area contributed by atoms with E-state index in [4.69, 9.17) is 14.2 Å². The van der Waals surface area contributed by atoms with Crippen molar-refractivity contribution < 1.29 is 28.9 Å². The molecule has 0 unspecified atom stereocenters. The van der Waals surface area contributed by atoms with Gasteiger partial charge in [0.1, 0.15) is 23.4 Å². The van der Waals surface area contributed by atoms with Crippen LogP contribution in [0.25, 0.3) is 5.76 Å². The summed E-state index contributed by atoms with van der Waals surface area (Å²) in [6.07, 6.45) is 0.784. The normalized spacial score (nSPS) is 21.8. The van der Waals surface area contributed by atoms with Crippen molar-refractivity contribution in [2.24, 2.45) is 0 Å². The van der Waals surface area contributed by atoms with E-state index in [9.17, 15) is 14.7 Å². The zero-order chi connectivity index (χ0) is 22.1. The van der Waals surface area contributed by atoms with Crippen LogP contribution in [0.4, 0.5) is 0 Å². The van der Waals surface area contributed by atoms with Crippen LogP contribution in [-0.2, 0) is 20.7 Å². The lowest BCUT2D eigenvalue weighted by atomic mass is 9.94. The summed E-state index contributed by atoms with van der Waals surface area (Å²) in [6, 6.07) is 11.7. The van der Waals surface area contributed by atoms with Crippen molar-refractivity contribution in [3.8, 4) is 11.5 Å². The van der Waals surface area contributed by atoms with Crippen molar-refractivity contribution in [1.82, 2.24) is 4.90 Å². The van der Waals surface area contributed by atoms with Crippen LogP contribution in [0.2, 0.25) is 0 Å². The van der Waals surface area contributed by atoms with Crippen LogP contribution in [0.1, 0.15) is 29.7 Å². The Morgan fingerprint density at radius 3 is 2.58 bits per heavy atom. The summed E-state index contributed by atoms with van der Waals surface area (Å²) in [5, 5.41) is 11.2. The van der Waals surface area contributed by atoms with Gasteiger partial charge in [-0.25, -0.2) is 0 Å². The van der Waals surface area contributed by atoms with Gasteiger partial charge in [0, 0.05) is 25.6 Å². The Balaban J connectivity index is 1.81. The number of hydrogen-bond donors (Lipinski definition) is 1. The third kappa shape index (κ3) is 3.77. The zero-order valence-corrected chi connectivity index (χ0v) is 17.8. The summed E-state index contributed by atoms with van der Waals surface area (Å²) in [6.45, 7) is 2.47. The highest BCUT2D eigenvalue weighted by molar-refractivity contribution is 6.46. The Morgan fingerprint density at radius 1 is 1.16 bits per heavy atom. The fourth-order valence-electron chi connectivity index (χ4n) is 4.16. The lowest BCUT2D eigenvalue weighted by Crippen LogP contribution is -2.32. The van der Waals surface area contributed by atoms with E-state index in [1.807, 2.05) is 13.0 Å². The molecule has 7 heteroatoms. The first-order valence-electron chi connectivity index (χ1n) is 10.2. The summed E-state index contributed by atoms with van der Waals surface area (Å²) >= 11 is 0. The molecule has 0 saturated carbocycles. The fraction of sp³-hybridized carbons (Fsp3) is 0.333. The average Bonchev–Trinajstić information content (AvgIpc) is 3.27. The molecular weight excluding hydrogens is 398 g/mol. The number of carbonyl (C=O) groups is 2. The third-order valence-corrected chi connectivity index (χ3v) is 5.68. The van der Waals surface area contributed by atoms with Crippen LogP contribution in [0.5, 0.6) is 11.5 Å². The molecular formula is C24H25NO6. The van der Waals surface area contributed by atoms with Gasteiger partial charge in [-0.15, -0.1) is 0 Å². The number of aliphatic hydroxyl groups excluding tert-OH is 1. The molecule has 1 fully saturated rings. The van der Waals surface area contributed by atoms with Gasteiger partial charge in [-0.2, -0.15) is 0 Å². The molecule has 2 atom stereocenters. The van der Waals surface area contributed by atoms with E-state index >= 15 is 0 Å². The molecule has 2 aliphatic heterocycles. The first-order chi connectivity index (χ1) is 14.9. The lowest BCUT2D eigenvalue weighted by Gasteiger charge is -2.25. The first-order valence-corrected chi connectivity index (χ1v) is 10.2. The van der Waals surface area contributed by atoms with Crippen LogP contribution < -0.4 is 9.47 Å². The smallest absolute Gasteiger partial charge is 0.295 e. The molecule has 1 amide bonds. The Labute approximate surface area is 180 Å². The number of nitrogens with zero attached hydrogens (tertiary/aromatic N) is 1. The van der Waals surface area contributed by atoms with Gasteiger partial charge in [0.05, 0.1) is 25.3 Å². The number of fused-ring (bicyclic) bond motifs is 1. The molecule has 0 aromatic heterocycles. The standard InChI is InChI=1S/C24H25NO6/c1-14-12-17-13-16(6-9-19(17)31-14)22(26)20-21(15-4-7-18(30-3)8-5-15)25(10-11-29-2)24(28)23(20)27/h4-9,13-14,21,26H,10-12H2,1-3H3/b22-20+/t14-,21-/m0/s1. The SMILES string of the molecule is COCCN1C(=O)C(=O)/C(=C(/O)c2ccc3c(c2)C[C@H](C)O3)[C@@H]1c1ccc(OC)cc1. The van der Waals surface area contributed by atoms with E-state index in [0.29, 0.717) is 16.9 Å². The molecule has 2 aliphatic rings. The molecule has 1 N–H and O–H groups in total. The molecule has 0 aliphatic carbocycles. The monoisotopic (exact) mass is 423 g/mol. The van der Waals surface area contributed by atoms with Gasteiger partial charge in [-0.05, 0) is 48.4 Å². The third-order valence-electron chi connectivity index (χ3n) is 5.68. The Morgan fingerprint density at radius 2 is 1.90 bits per heavy atom. The summed E-state index contributed by atoms with van der Waals surface area (Å²) in [5.74, 6) is -0.125.